The van der Waals surface area contributed by atoms with Crippen LogP contribution in [-0.2, 0) is 11.3 Å². The molecule has 1 aromatic rings. The third kappa shape index (κ3) is 3.91. The van der Waals surface area contributed by atoms with Crippen molar-refractivity contribution in [2.45, 2.75) is 39.0 Å². The lowest BCUT2D eigenvalue weighted by Gasteiger charge is -2.42. The molecule has 0 spiro atoms. The van der Waals surface area contributed by atoms with Gasteiger partial charge in [0.2, 0.25) is 0 Å². The number of aryl methyl sites for hydroxylation is 1. The lowest BCUT2D eigenvalue weighted by molar-refractivity contribution is -0.129. The SMILES string of the molecule is Cc1ccc(F)cc1CN1CC(CCl)OC(C)(C)C1. The van der Waals surface area contributed by atoms with Gasteiger partial charge in [0.05, 0.1) is 11.7 Å². The van der Waals surface area contributed by atoms with E-state index in [1.807, 2.05) is 13.0 Å². The molecule has 1 unspecified atom stereocenters. The van der Waals surface area contributed by atoms with E-state index in [1.165, 1.54) is 6.07 Å². The second-order valence-electron chi connectivity index (χ2n) is 5.89. The molecule has 0 aromatic heterocycles. The first kappa shape index (κ1) is 14.8. The van der Waals surface area contributed by atoms with Crippen LogP contribution in [0.4, 0.5) is 4.39 Å². The molecule has 0 saturated carbocycles. The summed E-state index contributed by atoms with van der Waals surface area (Å²) in [5.41, 5.74) is 1.94. The summed E-state index contributed by atoms with van der Waals surface area (Å²) in [5, 5.41) is 0. The van der Waals surface area contributed by atoms with Crippen molar-refractivity contribution in [1.82, 2.24) is 4.90 Å². The molecule has 0 aliphatic carbocycles. The van der Waals surface area contributed by atoms with Crippen LogP contribution in [0.25, 0.3) is 0 Å². The third-order valence-electron chi connectivity index (χ3n) is 3.43. The van der Waals surface area contributed by atoms with Gasteiger partial charge in [-0.05, 0) is 44.0 Å². The summed E-state index contributed by atoms with van der Waals surface area (Å²) in [6, 6.07) is 4.95. The second-order valence-corrected chi connectivity index (χ2v) is 6.20. The van der Waals surface area contributed by atoms with Crippen molar-refractivity contribution in [3.8, 4) is 0 Å². The van der Waals surface area contributed by atoms with Gasteiger partial charge in [0, 0.05) is 25.5 Å². The van der Waals surface area contributed by atoms with E-state index in [1.54, 1.807) is 6.07 Å². The van der Waals surface area contributed by atoms with Crippen LogP contribution in [0.1, 0.15) is 25.0 Å². The number of benzene rings is 1. The molecule has 0 bridgehead atoms. The number of halogens is 2. The highest BCUT2D eigenvalue weighted by Gasteiger charge is 2.32. The number of hydrogen-bond donors (Lipinski definition) is 0. The van der Waals surface area contributed by atoms with E-state index < -0.39 is 0 Å². The minimum absolute atomic E-state index is 0.0410. The molecule has 0 amide bonds. The van der Waals surface area contributed by atoms with Gasteiger partial charge >= 0.3 is 0 Å². The molecule has 0 N–H and O–H groups in total. The number of nitrogens with zero attached hydrogens (tertiary/aromatic N) is 1. The summed E-state index contributed by atoms with van der Waals surface area (Å²) in [5.74, 6) is 0.309. The summed E-state index contributed by atoms with van der Waals surface area (Å²) in [7, 11) is 0. The van der Waals surface area contributed by atoms with Gasteiger partial charge in [0.1, 0.15) is 5.82 Å². The lowest BCUT2D eigenvalue weighted by Crippen LogP contribution is -2.52. The topological polar surface area (TPSA) is 12.5 Å². The fourth-order valence-corrected chi connectivity index (χ4v) is 2.83. The fraction of sp³-hybridized carbons (Fsp3) is 0.600. The number of rotatable bonds is 3. The summed E-state index contributed by atoms with van der Waals surface area (Å²) in [4.78, 5) is 2.29. The average molecular weight is 286 g/mol. The first-order valence-electron chi connectivity index (χ1n) is 6.61. The molecule has 106 valence electrons. The van der Waals surface area contributed by atoms with E-state index in [9.17, 15) is 4.39 Å². The number of morpholine rings is 1. The minimum atomic E-state index is -0.209. The second kappa shape index (κ2) is 5.78. The summed E-state index contributed by atoms with van der Waals surface area (Å²) in [6.45, 7) is 8.51. The van der Waals surface area contributed by atoms with E-state index in [-0.39, 0.29) is 17.5 Å². The smallest absolute Gasteiger partial charge is 0.123 e. The highest BCUT2D eigenvalue weighted by Crippen LogP contribution is 2.24. The van der Waals surface area contributed by atoms with Crippen molar-refractivity contribution in [2.24, 2.45) is 0 Å². The van der Waals surface area contributed by atoms with E-state index in [0.717, 1.165) is 30.8 Å². The normalized spacial score (nSPS) is 23.5. The molecule has 1 fully saturated rings. The molecular weight excluding hydrogens is 265 g/mol. The molecule has 1 aromatic carbocycles. The van der Waals surface area contributed by atoms with Gasteiger partial charge in [-0.2, -0.15) is 0 Å². The molecule has 1 saturated heterocycles. The molecule has 1 aliphatic heterocycles. The van der Waals surface area contributed by atoms with Crippen molar-refractivity contribution >= 4 is 11.6 Å². The monoisotopic (exact) mass is 285 g/mol. The largest absolute Gasteiger partial charge is 0.368 e. The van der Waals surface area contributed by atoms with E-state index in [4.69, 9.17) is 16.3 Å². The first-order valence-corrected chi connectivity index (χ1v) is 7.14. The van der Waals surface area contributed by atoms with Crippen LogP contribution < -0.4 is 0 Å². The van der Waals surface area contributed by atoms with E-state index >= 15 is 0 Å². The molecule has 2 rings (SSSR count). The highest BCUT2D eigenvalue weighted by molar-refractivity contribution is 6.18. The Bertz CT molecular complexity index is 450. The Kier molecular flexibility index (Phi) is 4.49. The fourth-order valence-electron chi connectivity index (χ4n) is 2.67. The molecule has 1 atom stereocenters. The minimum Gasteiger partial charge on any atom is -0.368 e. The zero-order valence-electron chi connectivity index (χ0n) is 11.7. The van der Waals surface area contributed by atoms with Crippen molar-refractivity contribution in [1.29, 1.82) is 0 Å². The summed E-state index contributed by atoms with van der Waals surface area (Å²) in [6.07, 6.45) is 0.0410. The maximum atomic E-state index is 13.3. The predicted molar refractivity (Wildman–Crippen MR) is 76.1 cm³/mol. The summed E-state index contributed by atoms with van der Waals surface area (Å²) < 4.78 is 19.2. The third-order valence-corrected chi connectivity index (χ3v) is 3.77. The number of alkyl halides is 1. The number of ether oxygens (including phenoxy) is 1. The molecule has 4 heteroatoms. The van der Waals surface area contributed by atoms with Crippen LogP contribution in [0.2, 0.25) is 0 Å². The Balaban J connectivity index is 2.11. The predicted octanol–water partition coefficient (Wildman–Crippen LogP) is 3.35. The van der Waals surface area contributed by atoms with Gasteiger partial charge in [0.15, 0.2) is 0 Å². The van der Waals surface area contributed by atoms with Gasteiger partial charge in [-0.25, -0.2) is 4.39 Å². The van der Waals surface area contributed by atoms with Gasteiger partial charge in [0.25, 0.3) is 0 Å². The quantitative estimate of drug-likeness (QED) is 0.790. The van der Waals surface area contributed by atoms with Gasteiger partial charge in [-0.3, -0.25) is 4.90 Å². The zero-order chi connectivity index (χ0) is 14.0. The first-order chi connectivity index (χ1) is 8.89. The van der Waals surface area contributed by atoms with Crippen molar-refractivity contribution in [3.63, 3.8) is 0 Å². The van der Waals surface area contributed by atoms with Crippen LogP contribution in [0, 0.1) is 12.7 Å². The molecule has 19 heavy (non-hydrogen) atoms. The van der Waals surface area contributed by atoms with Crippen molar-refractivity contribution < 1.29 is 9.13 Å². The van der Waals surface area contributed by atoms with Crippen LogP contribution in [-0.4, -0.2) is 35.6 Å². The van der Waals surface area contributed by atoms with Crippen LogP contribution in [0.3, 0.4) is 0 Å². The van der Waals surface area contributed by atoms with Gasteiger partial charge in [-0.15, -0.1) is 11.6 Å². The summed E-state index contributed by atoms with van der Waals surface area (Å²) >= 11 is 5.92. The average Bonchev–Trinajstić information content (AvgIpc) is 2.32. The molecule has 1 aliphatic rings. The molecule has 0 radical (unpaired) electrons. The van der Waals surface area contributed by atoms with Crippen molar-refractivity contribution in [2.75, 3.05) is 19.0 Å². The Morgan fingerprint density at radius 1 is 1.47 bits per heavy atom. The number of hydrogen-bond acceptors (Lipinski definition) is 2. The van der Waals surface area contributed by atoms with Gasteiger partial charge in [-0.1, -0.05) is 6.07 Å². The standard InChI is InChI=1S/C15H21ClFNO/c1-11-4-5-13(17)6-12(11)8-18-9-14(7-16)19-15(2,3)10-18/h4-6,14H,7-10H2,1-3H3. The Morgan fingerprint density at radius 2 is 2.21 bits per heavy atom. The zero-order valence-corrected chi connectivity index (χ0v) is 12.5. The Hall–Kier alpha value is -0.640. The maximum Gasteiger partial charge on any atom is 0.123 e. The molecular formula is C15H21ClFNO. The highest BCUT2D eigenvalue weighted by atomic mass is 35.5. The van der Waals surface area contributed by atoms with Crippen molar-refractivity contribution in [3.05, 3.63) is 35.1 Å². The van der Waals surface area contributed by atoms with Crippen LogP contribution in [0.5, 0.6) is 0 Å². The molecule has 2 nitrogen and oxygen atoms in total. The van der Waals surface area contributed by atoms with E-state index in [2.05, 4.69) is 18.7 Å². The van der Waals surface area contributed by atoms with E-state index in [0.29, 0.717) is 5.88 Å². The lowest BCUT2D eigenvalue weighted by atomic mass is 10.0. The molecule has 1 heterocycles. The Morgan fingerprint density at radius 3 is 2.89 bits per heavy atom. The Labute approximate surface area is 119 Å². The maximum absolute atomic E-state index is 13.3. The van der Waals surface area contributed by atoms with Crippen LogP contribution in [0.15, 0.2) is 18.2 Å². The van der Waals surface area contributed by atoms with Crippen LogP contribution >= 0.6 is 11.6 Å². The van der Waals surface area contributed by atoms with Gasteiger partial charge < -0.3 is 4.74 Å².